The van der Waals surface area contributed by atoms with Gasteiger partial charge in [-0.3, -0.25) is 0 Å². The fourth-order valence-corrected chi connectivity index (χ4v) is 0.354. The standard InChI is InChI=1S/C4H8O.C3H4O2/c1-4-2-5-3-4;1-2-3(4)5/h4H,2-3H2,1H3;2H,1H2,(H,4,5). The number of carboxylic acids is 1. The summed E-state index contributed by atoms with van der Waals surface area (Å²) in [4.78, 5) is 9.25. The minimum atomic E-state index is -0.981. The highest BCUT2D eigenvalue weighted by atomic mass is 16.5. The van der Waals surface area contributed by atoms with Crippen molar-refractivity contribution in [1.29, 1.82) is 0 Å². The van der Waals surface area contributed by atoms with Gasteiger partial charge in [0, 0.05) is 12.0 Å². The number of hydrogen-bond donors (Lipinski definition) is 1. The number of hydrogen-bond acceptors (Lipinski definition) is 2. The van der Waals surface area contributed by atoms with Crippen molar-refractivity contribution in [3.63, 3.8) is 0 Å². The smallest absolute Gasteiger partial charge is 0.327 e. The van der Waals surface area contributed by atoms with Crippen LogP contribution in [0.25, 0.3) is 0 Å². The van der Waals surface area contributed by atoms with Crippen LogP contribution in [0.2, 0.25) is 0 Å². The number of carboxylic acid groups (broad SMARTS) is 1. The van der Waals surface area contributed by atoms with Crippen LogP contribution >= 0.6 is 0 Å². The molecule has 0 aromatic heterocycles. The van der Waals surface area contributed by atoms with E-state index in [0.717, 1.165) is 25.2 Å². The fraction of sp³-hybridized carbons (Fsp3) is 0.571. The van der Waals surface area contributed by atoms with E-state index in [1.807, 2.05) is 0 Å². The first-order valence-electron chi connectivity index (χ1n) is 3.10. The molecular weight excluding hydrogens is 132 g/mol. The Morgan fingerprint density at radius 2 is 2.10 bits per heavy atom. The van der Waals surface area contributed by atoms with Crippen molar-refractivity contribution in [3.8, 4) is 0 Å². The molecule has 0 unspecified atom stereocenters. The molecule has 1 aliphatic heterocycles. The number of ether oxygens (including phenoxy) is 1. The van der Waals surface area contributed by atoms with Crippen LogP contribution in [-0.2, 0) is 9.53 Å². The summed E-state index contributed by atoms with van der Waals surface area (Å²) in [6, 6.07) is 0. The average Bonchev–Trinajstić information content (AvgIpc) is 1.85. The lowest BCUT2D eigenvalue weighted by atomic mass is 10.2. The third-order valence-corrected chi connectivity index (χ3v) is 0.979. The molecule has 0 radical (unpaired) electrons. The Balaban J connectivity index is 0.000000162. The maximum Gasteiger partial charge on any atom is 0.327 e. The van der Waals surface area contributed by atoms with E-state index in [4.69, 9.17) is 9.84 Å². The van der Waals surface area contributed by atoms with Gasteiger partial charge in [0.25, 0.3) is 0 Å². The average molecular weight is 144 g/mol. The molecule has 1 N–H and O–H groups in total. The van der Waals surface area contributed by atoms with Crippen molar-refractivity contribution in [2.24, 2.45) is 5.92 Å². The summed E-state index contributed by atoms with van der Waals surface area (Å²) in [5.74, 6) is -0.139. The van der Waals surface area contributed by atoms with Gasteiger partial charge >= 0.3 is 5.97 Å². The second-order valence-electron chi connectivity index (χ2n) is 2.18. The molecule has 1 aliphatic rings. The Hall–Kier alpha value is -0.830. The second kappa shape index (κ2) is 4.99. The minimum Gasteiger partial charge on any atom is -0.478 e. The van der Waals surface area contributed by atoms with Gasteiger partial charge in [0.15, 0.2) is 0 Å². The second-order valence-corrected chi connectivity index (χ2v) is 2.18. The third kappa shape index (κ3) is 5.31. The lowest BCUT2D eigenvalue weighted by Gasteiger charge is -2.20. The van der Waals surface area contributed by atoms with Crippen LogP contribution in [0.15, 0.2) is 12.7 Å². The molecule has 3 heteroatoms. The van der Waals surface area contributed by atoms with Gasteiger partial charge in [-0.05, 0) is 0 Å². The van der Waals surface area contributed by atoms with Crippen molar-refractivity contribution in [3.05, 3.63) is 12.7 Å². The van der Waals surface area contributed by atoms with Crippen molar-refractivity contribution < 1.29 is 14.6 Å². The topological polar surface area (TPSA) is 46.5 Å². The van der Waals surface area contributed by atoms with Gasteiger partial charge in [0.1, 0.15) is 0 Å². The van der Waals surface area contributed by atoms with Crippen LogP contribution in [0, 0.1) is 5.92 Å². The summed E-state index contributed by atoms with van der Waals surface area (Å²) < 4.78 is 4.83. The number of rotatable bonds is 1. The molecule has 1 heterocycles. The van der Waals surface area contributed by atoms with E-state index in [1.54, 1.807) is 0 Å². The van der Waals surface area contributed by atoms with Gasteiger partial charge in [0.2, 0.25) is 0 Å². The van der Waals surface area contributed by atoms with E-state index in [-0.39, 0.29) is 0 Å². The number of aliphatic carboxylic acids is 1. The summed E-state index contributed by atoms with van der Waals surface area (Å²) in [6.07, 6.45) is 0.833. The van der Waals surface area contributed by atoms with Gasteiger partial charge in [-0.15, -0.1) is 0 Å². The fourth-order valence-electron chi connectivity index (χ4n) is 0.354. The van der Waals surface area contributed by atoms with Gasteiger partial charge < -0.3 is 9.84 Å². The molecule has 1 saturated heterocycles. The molecule has 0 saturated carbocycles. The van der Waals surface area contributed by atoms with Crippen LogP contribution in [0.4, 0.5) is 0 Å². The summed E-state index contributed by atoms with van der Waals surface area (Å²) >= 11 is 0. The maximum absolute atomic E-state index is 9.25. The molecule has 0 spiro atoms. The zero-order chi connectivity index (χ0) is 7.98. The molecular formula is C7H12O3. The van der Waals surface area contributed by atoms with Crippen LogP contribution in [0.3, 0.4) is 0 Å². The van der Waals surface area contributed by atoms with Crippen molar-refractivity contribution >= 4 is 5.97 Å². The SMILES string of the molecule is C=CC(=O)O.CC1COC1. The first kappa shape index (κ1) is 9.17. The highest BCUT2D eigenvalue weighted by molar-refractivity contribution is 5.78. The maximum atomic E-state index is 9.25. The van der Waals surface area contributed by atoms with E-state index in [9.17, 15) is 4.79 Å². The Morgan fingerprint density at radius 3 is 2.10 bits per heavy atom. The van der Waals surface area contributed by atoms with Crippen molar-refractivity contribution in [2.45, 2.75) is 6.92 Å². The van der Waals surface area contributed by atoms with Gasteiger partial charge in [0.05, 0.1) is 13.2 Å². The number of carbonyl (C=O) groups is 1. The molecule has 0 aromatic rings. The monoisotopic (exact) mass is 144 g/mol. The first-order chi connectivity index (χ1) is 4.66. The van der Waals surface area contributed by atoms with E-state index in [2.05, 4.69) is 13.5 Å². The van der Waals surface area contributed by atoms with Crippen LogP contribution in [-0.4, -0.2) is 24.3 Å². The molecule has 10 heavy (non-hydrogen) atoms. The highest BCUT2D eigenvalue weighted by Gasteiger charge is 2.09. The predicted octanol–water partition coefficient (Wildman–Crippen LogP) is 0.910. The zero-order valence-corrected chi connectivity index (χ0v) is 6.04. The largest absolute Gasteiger partial charge is 0.478 e. The van der Waals surface area contributed by atoms with Crippen molar-refractivity contribution in [1.82, 2.24) is 0 Å². The Labute approximate surface area is 60.3 Å². The van der Waals surface area contributed by atoms with E-state index >= 15 is 0 Å². The molecule has 3 nitrogen and oxygen atoms in total. The summed E-state index contributed by atoms with van der Waals surface area (Å²) in [7, 11) is 0. The summed E-state index contributed by atoms with van der Waals surface area (Å²) in [5.41, 5.74) is 0. The van der Waals surface area contributed by atoms with Crippen LogP contribution in [0.1, 0.15) is 6.92 Å². The Kier molecular flexibility index (Phi) is 4.58. The Morgan fingerprint density at radius 1 is 1.80 bits per heavy atom. The van der Waals surface area contributed by atoms with Gasteiger partial charge in [-0.25, -0.2) is 4.79 Å². The van der Waals surface area contributed by atoms with Crippen LogP contribution < -0.4 is 0 Å². The quantitative estimate of drug-likeness (QED) is 0.556. The molecule has 58 valence electrons. The van der Waals surface area contributed by atoms with Gasteiger partial charge in [-0.1, -0.05) is 13.5 Å². The lowest BCUT2D eigenvalue weighted by Crippen LogP contribution is -2.23. The molecule has 1 fully saturated rings. The van der Waals surface area contributed by atoms with E-state index < -0.39 is 5.97 Å². The predicted molar refractivity (Wildman–Crippen MR) is 37.8 cm³/mol. The molecule has 0 aliphatic carbocycles. The molecule has 0 atom stereocenters. The van der Waals surface area contributed by atoms with Crippen molar-refractivity contribution in [2.75, 3.05) is 13.2 Å². The van der Waals surface area contributed by atoms with Crippen LogP contribution in [0.5, 0.6) is 0 Å². The molecule has 0 amide bonds. The molecule has 1 rings (SSSR count). The van der Waals surface area contributed by atoms with Gasteiger partial charge in [-0.2, -0.15) is 0 Å². The lowest BCUT2D eigenvalue weighted by molar-refractivity contribution is -0.131. The zero-order valence-electron chi connectivity index (χ0n) is 6.04. The molecule has 0 bridgehead atoms. The minimum absolute atomic E-state index is 0.833. The summed E-state index contributed by atoms with van der Waals surface area (Å²) in [5, 5.41) is 7.60. The Bertz CT molecular complexity index is 116. The normalized spacial score (nSPS) is 16.1. The van der Waals surface area contributed by atoms with E-state index in [0.29, 0.717) is 0 Å². The third-order valence-electron chi connectivity index (χ3n) is 0.979. The highest BCUT2D eigenvalue weighted by Crippen LogP contribution is 2.05. The molecule has 0 aromatic carbocycles. The summed E-state index contributed by atoms with van der Waals surface area (Å²) in [6.45, 7) is 7.12. The first-order valence-corrected chi connectivity index (χ1v) is 3.10. The van der Waals surface area contributed by atoms with E-state index in [1.165, 1.54) is 0 Å².